The third-order valence-corrected chi connectivity index (χ3v) is 5.35. The summed E-state index contributed by atoms with van der Waals surface area (Å²) < 4.78 is 3.55. The zero-order chi connectivity index (χ0) is 20.2. The molecule has 29 heavy (non-hydrogen) atoms. The van der Waals surface area contributed by atoms with Crippen LogP contribution in [0.5, 0.6) is 0 Å². The lowest BCUT2D eigenvalue weighted by Gasteiger charge is -2.14. The molecule has 1 amide bonds. The lowest BCUT2D eigenvalue weighted by molar-refractivity contribution is -0.119. The topological polar surface area (TPSA) is 103 Å². The van der Waals surface area contributed by atoms with Gasteiger partial charge in [0.05, 0.1) is 23.5 Å². The number of hydrogen-bond acceptors (Lipinski definition) is 6. The van der Waals surface area contributed by atoms with E-state index in [0.717, 1.165) is 29.0 Å². The molecule has 4 heterocycles. The zero-order valence-electron chi connectivity index (χ0n) is 16.4. The summed E-state index contributed by atoms with van der Waals surface area (Å²) in [5.74, 6) is 0.664. The quantitative estimate of drug-likeness (QED) is 0.575. The van der Waals surface area contributed by atoms with Gasteiger partial charge in [0.2, 0.25) is 5.91 Å². The number of nitrogens with zero attached hydrogens (tertiary/aromatic N) is 7. The molecule has 146 valence electrons. The van der Waals surface area contributed by atoms with Gasteiger partial charge in [-0.2, -0.15) is 9.78 Å². The van der Waals surface area contributed by atoms with Gasteiger partial charge in [0.1, 0.15) is 5.82 Å². The number of aromatic nitrogens is 7. The fourth-order valence-corrected chi connectivity index (χ4v) is 3.59. The first-order valence-electron chi connectivity index (χ1n) is 9.50. The number of carbonyl (C=O) groups is 1. The van der Waals surface area contributed by atoms with Gasteiger partial charge < -0.3 is 5.32 Å². The maximum absolute atomic E-state index is 12.2. The second-order valence-corrected chi connectivity index (χ2v) is 7.69. The molecule has 0 fully saturated rings. The van der Waals surface area contributed by atoms with E-state index in [0.29, 0.717) is 23.4 Å². The van der Waals surface area contributed by atoms with Gasteiger partial charge in [0.25, 0.3) is 0 Å². The van der Waals surface area contributed by atoms with Crippen LogP contribution in [0, 0.1) is 0 Å². The Kier molecular flexibility index (Phi) is 3.73. The highest BCUT2D eigenvalue weighted by Gasteiger charge is 2.38. The smallest absolute Gasteiger partial charge is 0.234 e. The summed E-state index contributed by atoms with van der Waals surface area (Å²) in [6.45, 7) is 6.70. The molecule has 0 unspecified atom stereocenters. The fraction of sp³-hybridized carbons (Fsp3) is 0.300. The van der Waals surface area contributed by atoms with Crippen molar-refractivity contribution in [3.8, 4) is 5.69 Å². The van der Waals surface area contributed by atoms with Crippen molar-refractivity contribution in [3.63, 3.8) is 0 Å². The molecule has 3 aromatic heterocycles. The van der Waals surface area contributed by atoms with E-state index >= 15 is 0 Å². The Morgan fingerprint density at radius 3 is 2.86 bits per heavy atom. The number of nitrogens with one attached hydrogen (secondary N) is 1. The van der Waals surface area contributed by atoms with Crippen LogP contribution in [0.3, 0.4) is 0 Å². The van der Waals surface area contributed by atoms with Crippen LogP contribution in [0.2, 0.25) is 0 Å². The maximum atomic E-state index is 12.2. The Morgan fingerprint density at radius 1 is 1.21 bits per heavy atom. The van der Waals surface area contributed by atoms with Crippen molar-refractivity contribution in [2.75, 3.05) is 5.32 Å². The van der Waals surface area contributed by atoms with E-state index in [1.165, 1.54) is 0 Å². The normalized spacial score (nSPS) is 14.9. The number of aryl methyl sites for hydroxylation is 1. The molecule has 1 aliphatic rings. The van der Waals surface area contributed by atoms with Crippen LogP contribution in [0.15, 0.2) is 36.8 Å². The van der Waals surface area contributed by atoms with E-state index < -0.39 is 5.41 Å². The minimum atomic E-state index is -0.545. The summed E-state index contributed by atoms with van der Waals surface area (Å²) in [6.07, 6.45) is 6.09. The van der Waals surface area contributed by atoms with Gasteiger partial charge in [-0.05, 0) is 44.0 Å². The average molecular weight is 388 g/mol. The van der Waals surface area contributed by atoms with Gasteiger partial charge in [-0.15, -0.1) is 5.10 Å². The number of carbonyl (C=O) groups excluding carboxylic acids is 1. The molecule has 9 nitrogen and oxygen atoms in total. The van der Waals surface area contributed by atoms with Crippen molar-refractivity contribution in [3.05, 3.63) is 53.7 Å². The van der Waals surface area contributed by atoms with Crippen molar-refractivity contribution < 1.29 is 4.79 Å². The monoisotopic (exact) mass is 388 g/mol. The minimum absolute atomic E-state index is 0.00895. The number of rotatable bonds is 4. The first kappa shape index (κ1) is 17.5. The Morgan fingerprint density at radius 2 is 2.07 bits per heavy atom. The largest absolute Gasteiger partial charge is 0.325 e. The molecular formula is C20H20N8O. The van der Waals surface area contributed by atoms with Crippen LogP contribution in [-0.2, 0) is 23.2 Å². The molecule has 1 aliphatic heterocycles. The van der Waals surface area contributed by atoms with Crippen LogP contribution in [0.4, 0.5) is 5.69 Å². The maximum Gasteiger partial charge on any atom is 0.234 e. The predicted octanol–water partition coefficient (Wildman–Crippen LogP) is 2.25. The molecule has 0 atom stereocenters. The molecular weight excluding hydrogens is 368 g/mol. The molecule has 0 saturated carbocycles. The lowest BCUT2D eigenvalue weighted by Crippen LogP contribution is -2.26. The SMILES string of the molecule is CCn1cc(Cc2ncc3nnn(-c4ccc5c(c4)NC(=O)C5(C)C)c3n2)cn1. The first-order chi connectivity index (χ1) is 14.0. The molecule has 1 N–H and O–H groups in total. The van der Waals surface area contributed by atoms with E-state index in [2.05, 4.69) is 30.7 Å². The molecule has 1 aromatic carbocycles. The molecule has 0 bridgehead atoms. The molecule has 4 aromatic rings. The van der Waals surface area contributed by atoms with Crippen LogP contribution >= 0.6 is 0 Å². The third kappa shape index (κ3) is 2.77. The summed E-state index contributed by atoms with van der Waals surface area (Å²) in [6, 6.07) is 5.79. The summed E-state index contributed by atoms with van der Waals surface area (Å²) in [5, 5.41) is 15.7. The van der Waals surface area contributed by atoms with E-state index in [9.17, 15) is 4.79 Å². The molecule has 0 spiro atoms. The van der Waals surface area contributed by atoms with Gasteiger partial charge in [-0.1, -0.05) is 11.3 Å². The zero-order valence-corrected chi connectivity index (χ0v) is 16.4. The fourth-order valence-electron chi connectivity index (χ4n) is 3.59. The second-order valence-electron chi connectivity index (χ2n) is 7.69. The third-order valence-electron chi connectivity index (χ3n) is 5.35. The molecule has 0 aliphatic carbocycles. The highest BCUT2D eigenvalue weighted by molar-refractivity contribution is 6.05. The number of fused-ring (bicyclic) bond motifs is 2. The predicted molar refractivity (Wildman–Crippen MR) is 107 cm³/mol. The first-order valence-corrected chi connectivity index (χ1v) is 9.50. The van der Waals surface area contributed by atoms with Crippen LogP contribution in [-0.4, -0.2) is 40.6 Å². The summed E-state index contributed by atoms with van der Waals surface area (Å²) >= 11 is 0. The highest BCUT2D eigenvalue weighted by atomic mass is 16.2. The van der Waals surface area contributed by atoms with Crippen molar-refractivity contribution >= 4 is 22.8 Å². The van der Waals surface area contributed by atoms with Crippen LogP contribution in [0.25, 0.3) is 16.9 Å². The van der Waals surface area contributed by atoms with E-state index in [4.69, 9.17) is 0 Å². The summed E-state index contributed by atoms with van der Waals surface area (Å²) in [4.78, 5) is 21.3. The van der Waals surface area contributed by atoms with Crippen LogP contribution < -0.4 is 5.32 Å². The average Bonchev–Trinajstić information content (AvgIpc) is 3.39. The summed E-state index contributed by atoms with van der Waals surface area (Å²) in [7, 11) is 0. The lowest BCUT2D eigenvalue weighted by atomic mass is 9.86. The van der Waals surface area contributed by atoms with E-state index in [1.807, 2.05) is 56.0 Å². The Balaban J connectivity index is 1.53. The standard InChI is InChI=1S/C20H20N8O/c1-4-27-11-12(9-22-27)7-17-21-10-16-18(24-17)28(26-25-16)13-5-6-14-15(8-13)23-19(29)20(14,2)3/h5-6,8-11H,4,7H2,1-3H3,(H,23,29). The van der Waals surface area contributed by atoms with Crippen molar-refractivity contribution in [2.24, 2.45) is 0 Å². The number of hydrogen-bond donors (Lipinski definition) is 1. The highest BCUT2D eigenvalue weighted by Crippen LogP contribution is 2.38. The van der Waals surface area contributed by atoms with E-state index in [1.54, 1.807) is 10.9 Å². The molecule has 9 heteroatoms. The molecule has 0 saturated heterocycles. The Bertz CT molecular complexity index is 1250. The van der Waals surface area contributed by atoms with Crippen LogP contribution in [0.1, 0.15) is 37.7 Å². The molecule has 0 radical (unpaired) electrons. The number of anilines is 1. The van der Waals surface area contributed by atoms with E-state index in [-0.39, 0.29) is 5.91 Å². The van der Waals surface area contributed by atoms with Gasteiger partial charge in [-0.25, -0.2) is 9.97 Å². The van der Waals surface area contributed by atoms with Gasteiger partial charge in [0, 0.05) is 24.8 Å². The number of amides is 1. The van der Waals surface area contributed by atoms with Crippen molar-refractivity contribution in [1.29, 1.82) is 0 Å². The van der Waals surface area contributed by atoms with Gasteiger partial charge >= 0.3 is 0 Å². The Hall–Kier alpha value is -3.62. The molecule has 5 rings (SSSR count). The van der Waals surface area contributed by atoms with Crippen molar-refractivity contribution in [2.45, 2.75) is 39.2 Å². The minimum Gasteiger partial charge on any atom is -0.325 e. The number of benzene rings is 1. The summed E-state index contributed by atoms with van der Waals surface area (Å²) in [5.41, 5.74) is 4.29. The Labute approximate surface area is 166 Å². The van der Waals surface area contributed by atoms with Gasteiger partial charge in [-0.3, -0.25) is 9.48 Å². The second kappa shape index (κ2) is 6.20. The van der Waals surface area contributed by atoms with Gasteiger partial charge in [0.15, 0.2) is 11.2 Å². The van der Waals surface area contributed by atoms with Crippen molar-refractivity contribution in [1.82, 2.24) is 34.7 Å².